The maximum Gasteiger partial charge on any atom is 0.293 e. The van der Waals surface area contributed by atoms with Crippen LogP contribution >= 0.6 is 11.6 Å². The number of amides is 1. The van der Waals surface area contributed by atoms with Crippen molar-refractivity contribution in [1.82, 2.24) is 23.9 Å². The third-order valence-corrected chi connectivity index (χ3v) is 15.0. The molecule has 1 unspecified atom stereocenters. The van der Waals surface area contributed by atoms with Crippen LogP contribution in [0, 0.1) is 15.5 Å². The average Bonchev–Trinajstić information content (AvgIpc) is 3.74. The van der Waals surface area contributed by atoms with Crippen molar-refractivity contribution in [3.8, 4) is 11.5 Å². The first-order valence-electron chi connectivity index (χ1n) is 21.3. The number of nitrogens with zero attached hydrogens (tertiary/aromatic N) is 5. The van der Waals surface area contributed by atoms with Gasteiger partial charge >= 0.3 is 0 Å². The van der Waals surface area contributed by atoms with Crippen molar-refractivity contribution in [2.45, 2.75) is 44.1 Å². The second kappa shape index (κ2) is 18.7. The van der Waals surface area contributed by atoms with Gasteiger partial charge in [0.25, 0.3) is 21.6 Å². The minimum Gasteiger partial charge on any atom is -0.455 e. The van der Waals surface area contributed by atoms with Crippen LogP contribution in [0.4, 0.5) is 17.1 Å². The highest BCUT2D eigenvalue weighted by Gasteiger charge is 2.31. The number of aromatic amines is 1. The minimum atomic E-state index is -4.66. The van der Waals surface area contributed by atoms with E-state index in [4.69, 9.17) is 21.1 Å². The number of carbonyl (C=O) groups excluding carboxylic acids is 1. The maximum atomic E-state index is 14.0. The highest BCUT2D eigenvalue weighted by Crippen LogP contribution is 2.43. The van der Waals surface area contributed by atoms with Crippen molar-refractivity contribution in [1.29, 1.82) is 0 Å². The van der Waals surface area contributed by atoms with E-state index in [1.807, 2.05) is 18.2 Å². The van der Waals surface area contributed by atoms with E-state index in [2.05, 4.69) is 55.8 Å². The van der Waals surface area contributed by atoms with Gasteiger partial charge in [0.15, 0.2) is 0 Å². The molecule has 2 aliphatic heterocycles. The SMILES string of the molecule is CC1(C)CCC(CN2CCN(c3ccc(C(=O)NS(=O)(=O)c4ccc(NCC5CN(S(C)(=O)=O)CCO5)c([N+](=O)[O-])c4)c(Oc4cnc5[nH]ccc5c4)c3)CC2)=C(c2ccc(Cl)cc2)C1. The fourth-order valence-electron chi connectivity index (χ4n) is 8.54. The summed E-state index contributed by atoms with van der Waals surface area (Å²) in [6.07, 6.45) is 6.86. The lowest BCUT2D eigenvalue weighted by molar-refractivity contribution is -0.384. The average molecular weight is 948 g/mol. The van der Waals surface area contributed by atoms with Gasteiger partial charge in [0, 0.05) is 86.8 Å². The number of allylic oxidation sites excluding steroid dienone is 1. The number of carbonyl (C=O) groups is 1. The summed E-state index contributed by atoms with van der Waals surface area (Å²) in [7, 11) is -8.13. The van der Waals surface area contributed by atoms with Crippen molar-refractivity contribution in [2.24, 2.45) is 5.41 Å². The molecule has 65 heavy (non-hydrogen) atoms. The summed E-state index contributed by atoms with van der Waals surface area (Å²) < 4.78 is 66.8. The van der Waals surface area contributed by atoms with E-state index in [-0.39, 0.29) is 48.7 Å². The molecule has 17 nitrogen and oxygen atoms in total. The monoisotopic (exact) mass is 946 g/mol. The molecule has 0 bridgehead atoms. The minimum absolute atomic E-state index is 0.0134. The van der Waals surface area contributed by atoms with Gasteiger partial charge in [-0.2, -0.15) is 4.31 Å². The van der Waals surface area contributed by atoms with Gasteiger partial charge in [-0.15, -0.1) is 0 Å². The molecule has 3 N–H and O–H groups in total. The van der Waals surface area contributed by atoms with Crippen molar-refractivity contribution < 1.29 is 36.0 Å². The Morgan fingerprint density at radius 2 is 1.78 bits per heavy atom. The van der Waals surface area contributed by atoms with Crippen LogP contribution in [-0.2, 0) is 24.8 Å². The molecule has 0 spiro atoms. The normalized spacial score (nSPS) is 18.7. The first-order chi connectivity index (χ1) is 30.9. The van der Waals surface area contributed by atoms with E-state index in [1.165, 1.54) is 39.3 Å². The van der Waals surface area contributed by atoms with Crippen molar-refractivity contribution in [2.75, 3.05) is 75.4 Å². The van der Waals surface area contributed by atoms with Gasteiger partial charge in [-0.05, 0) is 84.3 Å². The number of ether oxygens (including phenoxy) is 2. The Morgan fingerprint density at radius 1 is 1.02 bits per heavy atom. The molecule has 0 saturated carbocycles. The number of piperazine rings is 1. The van der Waals surface area contributed by atoms with Gasteiger partial charge in [0.05, 0.1) is 40.5 Å². The number of rotatable bonds is 14. The Balaban J connectivity index is 0.992. The maximum absolute atomic E-state index is 14.0. The first kappa shape index (κ1) is 46.0. The first-order valence-corrected chi connectivity index (χ1v) is 25.0. The van der Waals surface area contributed by atoms with E-state index in [0.29, 0.717) is 29.5 Å². The Morgan fingerprint density at radius 3 is 2.52 bits per heavy atom. The Labute approximate surface area is 383 Å². The van der Waals surface area contributed by atoms with Crippen LogP contribution in [0.5, 0.6) is 11.5 Å². The summed E-state index contributed by atoms with van der Waals surface area (Å²) in [6, 6.07) is 19.9. The molecule has 2 saturated heterocycles. The molecule has 3 aliphatic rings. The number of nitro groups is 1. The fourth-order valence-corrected chi connectivity index (χ4v) is 10.5. The highest BCUT2D eigenvalue weighted by atomic mass is 35.5. The summed E-state index contributed by atoms with van der Waals surface area (Å²) in [5.41, 5.74) is 5.00. The predicted molar refractivity (Wildman–Crippen MR) is 250 cm³/mol. The van der Waals surface area contributed by atoms with Gasteiger partial charge in [0.2, 0.25) is 10.0 Å². The molecule has 3 aromatic carbocycles. The van der Waals surface area contributed by atoms with Crippen LogP contribution in [0.2, 0.25) is 5.02 Å². The fraction of sp³-hybridized carbons (Fsp3) is 0.378. The lowest BCUT2D eigenvalue weighted by atomic mass is 9.72. The zero-order chi connectivity index (χ0) is 46.1. The second-order valence-electron chi connectivity index (χ2n) is 17.4. The van der Waals surface area contributed by atoms with E-state index in [0.717, 1.165) is 68.4 Å². The molecule has 2 fully saturated rings. The van der Waals surface area contributed by atoms with Gasteiger partial charge in [-0.25, -0.2) is 26.5 Å². The van der Waals surface area contributed by atoms with Crippen LogP contribution in [0.3, 0.4) is 0 Å². The number of hydrogen-bond acceptors (Lipinski definition) is 13. The number of morpholine rings is 1. The number of hydrogen-bond donors (Lipinski definition) is 3. The Hall–Kier alpha value is -5.57. The van der Waals surface area contributed by atoms with Crippen LogP contribution in [0.1, 0.15) is 49.0 Å². The third-order valence-electron chi connectivity index (χ3n) is 12.1. The number of H-pyrrole nitrogens is 1. The quantitative estimate of drug-likeness (QED) is 0.0766. The number of fused-ring (bicyclic) bond motifs is 1. The number of nitro benzene ring substituents is 1. The number of benzene rings is 3. The van der Waals surface area contributed by atoms with Gasteiger partial charge in [-0.3, -0.25) is 19.8 Å². The van der Waals surface area contributed by atoms with Gasteiger partial charge < -0.3 is 24.7 Å². The number of pyridine rings is 1. The molecule has 8 rings (SSSR count). The van der Waals surface area contributed by atoms with Gasteiger partial charge in [-0.1, -0.05) is 43.2 Å². The molecule has 5 aromatic rings. The van der Waals surface area contributed by atoms with Crippen molar-refractivity contribution in [3.63, 3.8) is 0 Å². The van der Waals surface area contributed by atoms with E-state index >= 15 is 0 Å². The topological polar surface area (TPSA) is 209 Å². The molecular weight excluding hydrogens is 896 g/mol. The molecule has 344 valence electrons. The largest absolute Gasteiger partial charge is 0.455 e. The molecular formula is C45H51ClN8O9S2. The molecule has 4 heterocycles. The molecule has 1 amide bonds. The molecule has 0 radical (unpaired) electrons. The van der Waals surface area contributed by atoms with Crippen molar-refractivity contribution >= 4 is 71.2 Å². The van der Waals surface area contributed by atoms with Crippen LogP contribution in [0.25, 0.3) is 16.6 Å². The van der Waals surface area contributed by atoms with Crippen molar-refractivity contribution in [3.05, 3.63) is 117 Å². The van der Waals surface area contributed by atoms with Gasteiger partial charge in [0.1, 0.15) is 22.8 Å². The molecule has 20 heteroatoms. The van der Waals surface area contributed by atoms with E-state index in [1.54, 1.807) is 24.4 Å². The summed E-state index contributed by atoms with van der Waals surface area (Å²) in [4.78, 5) is 36.9. The highest BCUT2D eigenvalue weighted by molar-refractivity contribution is 7.90. The lowest BCUT2D eigenvalue weighted by Crippen LogP contribution is -2.47. The predicted octanol–water partition coefficient (Wildman–Crippen LogP) is 6.89. The Bertz CT molecular complexity index is 2860. The van der Waals surface area contributed by atoms with E-state index < -0.39 is 47.6 Å². The van der Waals surface area contributed by atoms with E-state index in [9.17, 15) is 31.7 Å². The number of anilines is 2. The lowest BCUT2D eigenvalue weighted by Gasteiger charge is -2.39. The number of nitrogens with one attached hydrogen (secondary N) is 3. The zero-order valence-corrected chi connectivity index (χ0v) is 38.6. The number of sulfonamides is 2. The molecule has 1 aliphatic carbocycles. The summed E-state index contributed by atoms with van der Waals surface area (Å²) in [5.74, 6) is -0.609. The summed E-state index contributed by atoms with van der Waals surface area (Å²) in [6.45, 7) is 8.88. The standard InChI is InChI=1S/C45H51ClN8O9S2/c1-45(2)14-12-32(39(25-45)30-4-6-33(46)7-5-30)28-51-16-18-52(19-17-51)34-8-10-38(42(23-34)63-35-22-31-13-15-47-43(31)49-26-35)44(55)50-65(60,61)37-9-11-40(41(24-37)54(56)57)48-27-36-29-53(20-21-62-36)64(3,58)59/h4-11,13,15,22-24,26,36,48H,12,14,16-21,25,27-29H2,1-3H3,(H,47,49)(H,50,55). The van der Waals surface area contributed by atoms with Crippen LogP contribution in [0.15, 0.2) is 95.7 Å². The summed E-state index contributed by atoms with van der Waals surface area (Å²) in [5, 5.41) is 16.5. The smallest absolute Gasteiger partial charge is 0.293 e. The van der Waals surface area contributed by atoms with Crippen LogP contribution in [-0.4, -0.2) is 118 Å². The molecule has 2 aromatic heterocycles. The molecule has 1 atom stereocenters. The Kier molecular flexibility index (Phi) is 13.3. The second-order valence-corrected chi connectivity index (χ2v) is 21.5. The zero-order valence-electron chi connectivity index (χ0n) is 36.3. The van der Waals surface area contributed by atoms with Crippen LogP contribution < -0.4 is 19.7 Å². The third kappa shape index (κ3) is 10.9. The number of halogens is 1. The summed E-state index contributed by atoms with van der Waals surface area (Å²) >= 11 is 6.24. The number of aromatic nitrogens is 2.